The highest BCUT2D eigenvalue weighted by molar-refractivity contribution is 14.0. The monoisotopic (exact) mass is 513 g/mol. The van der Waals surface area contributed by atoms with Gasteiger partial charge in [0.2, 0.25) is 0 Å². The molecule has 1 aliphatic heterocycles. The summed E-state index contributed by atoms with van der Waals surface area (Å²) < 4.78 is 5.25. The highest BCUT2D eigenvalue weighted by Crippen LogP contribution is 2.51. The molecule has 2 aromatic rings. The predicted molar refractivity (Wildman–Crippen MR) is 124 cm³/mol. The summed E-state index contributed by atoms with van der Waals surface area (Å²) in [6.45, 7) is 5.81. The number of hydrogen-bond donors (Lipinski definition) is 1. The number of halogens is 1. The second kappa shape index (κ2) is 9.98. The van der Waals surface area contributed by atoms with Crippen molar-refractivity contribution in [2.75, 3.05) is 39.8 Å². The van der Waals surface area contributed by atoms with Gasteiger partial charge in [-0.1, -0.05) is 23.4 Å². The summed E-state index contributed by atoms with van der Waals surface area (Å²) in [4.78, 5) is 10.7. The van der Waals surface area contributed by atoms with Gasteiger partial charge in [-0.3, -0.25) is 9.89 Å². The van der Waals surface area contributed by atoms with E-state index in [0.29, 0.717) is 4.75 Å². The molecule has 1 N–H and O–H groups in total. The summed E-state index contributed by atoms with van der Waals surface area (Å²) >= 11 is 2.00. The van der Waals surface area contributed by atoms with Crippen molar-refractivity contribution in [1.29, 1.82) is 0 Å². The van der Waals surface area contributed by atoms with E-state index < -0.39 is 0 Å². The number of aliphatic imine (C=N–C) groups is 1. The van der Waals surface area contributed by atoms with Crippen LogP contribution < -0.4 is 5.32 Å². The Labute approximate surface area is 188 Å². The molecule has 1 saturated carbocycles. The fourth-order valence-corrected chi connectivity index (χ4v) is 4.68. The van der Waals surface area contributed by atoms with Gasteiger partial charge in [0.25, 0.3) is 0 Å². The Morgan fingerprint density at radius 2 is 1.93 bits per heavy atom. The highest BCUT2D eigenvalue weighted by Gasteiger charge is 2.44. The summed E-state index contributed by atoms with van der Waals surface area (Å²) in [5.41, 5.74) is 1.000. The van der Waals surface area contributed by atoms with Crippen LogP contribution in [-0.2, 0) is 6.54 Å². The van der Waals surface area contributed by atoms with Crippen LogP contribution in [0.4, 0.5) is 0 Å². The lowest BCUT2D eigenvalue weighted by Gasteiger charge is -2.36. The molecule has 2 aliphatic rings. The number of benzene rings is 1. The van der Waals surface area contributed by atoms with Gasteiger partial charge in [0.15, 0.2) is 5.96 Å². The summed E-state index contributed by atoms with van der Waals surface area (Å²) in [6.07, 6.45) is 4.17. The van der Waals surface area contributed by atoms with E-state index in [4.69, 9.17) is 4.52 Å². The van der Waals surface area contributed by atoms with Crippen LogP contribution in [0.3, 0.4) is 0 Å². The first-order chi connectivity index (χ1) is 13.3. The van der Waals surface area contributed by atoms with Crippen molar-refractivity contribution in [3.05, 3.63) is 48.4 Å². The Balaban J connectivity index is 0.00000225. The minimum Gasteiger partial charge on any atom is -0.364 e. The number of piperazine rings is 1. The van der Waals surface area contributed by atoms with Gasteiger partial charge in [-0.15, -0.1) is 35.7 Å². The molecule has 0 atom stereocenters. The largest absolute Gasteiger partial charge is 0.364 e. The second-order valence-corrected chi connectivity index (χ2v) is 8.79. The molecular weight excluding hydrogens is 485 g/mol. The number of guanidine groups is 1. The van der Waals surface area contributed by atoms with Crippen molar-refractivity contribution in [3.8, 4) is 0 Å². The van der Waals surface area contributed by atoms with Crippen LogP contribution >= 0.6 is 35.7 Å². The number of nitrogens with one attached hydrogen (secondary N) is 1. The lowest BCUT2D eigenvalue weighted by atomic mass is 10.3. The first-order valence-corrected chi connectivity index (χ1v) is 10.4. The third kappa shape index (κ3) is 5.64. The smallest absolute Gasteiger partial charge is 0.193 e. The quantitative estimate of drug-likeness (QED) is 0.364. The molecular formula is C20H28IN5OS. The van der Waals surface area contributed by atoms with E-state index in [1.165, 1.54) is 17.7 Å². The van der Waals surface area contributed by atoms with Gasteiger partial charge in [-0.2, -0.15) is 0 Å². The average molecular weight is 513 g/mol. The molecule has 0 amide bonds. The van der Waals surface area contributed by atoms with Crippen LogP contribution in [0.2, 0.25) is 0 Å². The van der Waals surface area contributed by atoms with Gasteiger partial charge >= 0.3 is 0 Å². The van der Waals surface area contributed by atoms with E-state index in [-0.39, 0.29) is 24.0 Å². The van der Waals surface area contributed by atoms with Crippen molar-refractivity contribution >= 4 is 41.7 Å². The van der Waals surface area contributed by atoms with Crippen molar-refractivity contribution < 1.29 is 4.52 Å². The van der Waals surface area contributed by atoms with Gasteiger partial charge in [0.1, 0.15) is 6.26 Å². The molecule has 1 aromatic carbocycles. The molecule has 2 fully saturated rings. The molecule has 8 heteroatoms. The third-order valence-corrected chi connectivity index (χ3v) is 6.71. The Morgan fingerprint density at radius 3 is 2.54 bits per heavy atom. The summed E-state index contributed by atoms with van der Waals surface area (Å²) in [5.74, 6) is 1.02. The van der Waals surface area contributed by atoms with Crippen molar-refractivity contribution in [3.63, 3.8) is 0 Å². The Hall–Kier alpha value is -1.26. The predicted octanol–water partition coefficient (Wildman–Crippen LogP) is 3.31. The van der Waals surface area contributed by atoms with E-state index in [1.54, 1.807) is 6.26 Å². The van der Waals surface area contributed by atoms with E-state index in [9.17, 15) is 0 Å². The van der Waals surface area contributed by atoms with E-state index in [2.05, 4.69) is 55.6 Å². The van der Waals surface area contributed by atoms with Crippen LogP contribution in [0.15, 0.2) is 57.1 Å². The average Bonchev–Trinajstić information content (AvgIpc) is 3.26. The lowest BCUT2D eigenvalue weighted by molar-refractivity contribution is 0.169. The molecule has 0 unspecified atom stereocenters. The normalized spacial score (nSPS) is 19.2. The minimum absolute atomic E-state index is 0. The standard InChI is InChI=1S/C20H27N5OS.HI/c1-21-19(22-16-20(8-9-20)27-18-5-3-2-4-6-18)25-12-10-24(11-13-25)15-17-7-14-26-23-17;/h2-7,14H,8-13,15-16H2,1H3,(H,21,22);1H. The molecule has 28 heavy (non-hydrogen) atoms. The molecule has 1 aromatic heterocycles. The van der Waals surface area contributed by atoms with E-state index in [0.717, 1.165) is 50.9 Å². The Morgan fingerprint density at radius 1 is 1.18 bits per heavy atom. The molecule has 6 nitrogen and oxygen atoms in total. The fraction of sp³-hybridized carbons (Fsp3) is 0.500. The maximum absolute atomic E-state index is 4.93. The lowest BCUT2D eigenvalue weighted by Crippen LogP contribution is -2.53. The van der Waals surface area contributed by atoms with E-state index in [1.807, 2.05) is 24.9 Å². The van der Waals surface area contributed by atoms with E-state index >= 15 is 0 Å². The number of hydrogen-bond acceptors (Lipinski definition) is 5. The van der Waals surface area contributed by atoms with Crippen LogP contribution in [0.1, 0.15) is 18.5 Å². The summed E-state index contributed by atoms with van der Waals surface area (Å²) in [7, 11) is 1.88. The van der Waals surface area contributed by atoms with Crippen LogP contribution in [0.5, 0.6) is 0 Å². The number of nitrogens with zero attached hydrogens (tertiary/aromatic N) is 4. The van der Waals surface area contributed by atoms with Crippen molar-refractivity contribution in [2.45, 2.75) is 29.0 Å². The third-order valence-electron chi connectivity index (χ3n) is 5.21. The zero-order chi connectivity index (χ0) is 18.5. The molecule has 0 bridgehead atoms. The molecule has 1 aliphatic carbocycles. The SMILES string of the molecule is CN=C(NCC1(Sc2ccccc2)CC1)N1CCN(Cc2ccon2)CC1.I. The first kappa shape index (κ1) is 21.4. The van der Waals surface area contributed by atoms with Crippen LogP contribution in [0, 0.1) is 0 Å². The summed E-state index contributed by atoms with van der Waals surface area (Å²) in [6, 6.07) is 12.6. The second-order valence-electron chi connectivity index (χ2n) is 7.25. The number of rotatable bonds is 6. The number of aromatic nitrogens is 1. The molecule has 4 rings (SSSR count). The van der Waals surface area contributed by atoms with Crippen molar-refractivity contribution in [1.82, 2.24) is 20.3 Å². The molecule has 0 radical (unpaired) electrons. The fourth-order valence-electron chi connectivity index (χ4n) is 3.43. The minimum atomic E-state index is 0. The molecule has 0 spiro atoms. The first-order valence-electron chi connectivity index (χ1n) is 9.58. The van der Waals surface area contributed by atoms with Gasteiger partial charge in [-0.05, 0) is 25.0 Å². The Bertz CT molecular complexity index is 743. The topological polar surface area (TPSA) is 56.9 Å². The summed E-state index contributed by atoms with van der Waals surface area (Å²) in [5, 5.41) is 7.64. The zero-order valence-corrected chi connectivity index (χ0v) is 19.4. The number of thioether (sulfide) groups is 1. The van der Waals surface area contributed by atoms with Gasteiger partial charge in [0.05, 0.1) is 5.69 Å². The zero-order valence-electron chi connectivity index (χ0n) is 16.2. The highest BCUT2D eigenvalue weighted by atomic mass is 127. The maximum Gasteiger partial charge on any atom is 0.193 e. The van der Waals surface area contributed by atoms with Crippen molar-refractivity contribution in [2.24, 2.45) is 4.99 Å². The molecule has 152 valence electrons. The van der Waals surface area contributed by atoms with Crippen LogP contribution in [-0.4, -0.2) is 65.4 Å². The molecule has 1 saturated heterocycles. The van der Waals surface area contributed by atoms with Gasteiger partial charge in [0, 0.05) is 62.0 Å². The van der Waals surface area contributed by atoms with Crippen LogP contribution in [0.25, 0.3) is 0 Å². The van der Waals surface area contributed by atoms with Gasteiger partial charge < -0.3 is 14.7 Å². The Kier molecular flexibility index (Phi) is 7.64. The van der Waals surface area contributed by atoms with Gasteiger partial charge in [-0.25, -0.2) is 0 Å². The molecule has 2 heterocycles. The maximum atomic E-state index is 4.93.